The molecule has 0 bridgehead atoms. The number of guanidine groups is 1. The molecule has 8 heteroatoms. The molecule has 1 N–H and O–H groups in total. The van der Waals surface area contributed by atoms with Crippen molar-refractivity contribution in [2.75, 3.05) is 26.7 Å². The summed E-state index contributed by atoms with van der Waals surface area (Å²) in [6.45, 7) is 4.40. The number of aliphatic imine (C=N–C) groups is 1. The Bertz CT molecular complexity index is 831. The van der Waals surface area contributed by atoms with Crippen LogP contribution in [0.3, 0.4) is 0 Å². The topological polar surface area (TPSA) is 79.4 Å². The first-order valence-electron chi connectivity index (χ1n) is 9.02. The molecule has 3 aromatic rings. The Labute approximate surface area is 163 Å². The zero-order chi connectivity index (χ0) is 18.9. The van der Waals surface area contributed by atoms with Crippen LogP contribution in [0.5, 0.6) is 0 Å². The molecule has 0 atom stereocenters. The minimum Gasteiger partial charge on any atom is -0.357 e. The fraction of sp³-hybridized carbons (Fsp3) is 0.368. The van der Waals surface area contributed by atoms with Crippen molar-refractivity contribution in [2.45, 2.75) is 19.8 Å². The molecular weight excluding hydrogens is 360 g/mol. The number of likely N-dealkylation sites (N-methyl/N-ethyl adjacent to an activating group) is 1. The third-order valence-electron chi connectivity index (χ3n) is 3.92. The van der Waals surface area contributed by atoms with Crippen molar-refractivity contribution in [3.8, 4) is 11.6 Å². The number of aromatic nitrogens is 3. The number of pyridine rings is 1. The molecule has 0 amide bonds. The molecule has 142 valence electrons. The number of hydrogen-bond acceptors (Lipinski definition) is 6. The monoisotopic (exact) mass is 384 g/mol. The molecule has 0 unspecified atom stereocenters. The molecule has 0 spiro atoms. The summed E-state index contributed by atoms with van der Waals surface area (Å²) in [7, 11) is 2.06. The SMILES string of the molecule is CCNC(=NCCc1noc(-c2ccccn2)n1)N(C)CCc1cccs1. The summed E-state index contributed by atoms with van der Waals surface area (Å²) in [4.78, 5) is 16.8. The molecular formula is C19H24N6OS. The van der Waals surface area contributed by atoms with Crippen molar-refractivity contribution in [1.82, 2.24) is 25.3 Å². The minimum atomic E-state index is 0.439. The van der Waals surface area contributed by atoms with Crippen LogP contribution >= 0.6 is 11.3 Å². The van der Waals surface area contributed by atoms with Gasteiger partial charge in [0.25, 0.3) is 5.89 Å². The fourth-order valence-corrected chi connectivity index (χ4v) is 3.22. The average molecular weight is 385 g/mol. The van der Waals surface area contributed by atoms with Crippen molar-refractivity contribution in [3.05, 3.63) is 52.6 Å². The Kier molecular flexibility index (Phi) is 6.92. The highest BCUT2D eigenvalue weighted by Crippen LogP contribution is 2.13. The van der Waals surface area contributed by atoms with Crippen LogP contribution < -0.4 is 5.32 Å². The maximum atomic E-state index is 5.29. The van der Waals surface area contributed by atoms with Crippen LogP contribution in [0.4, 0.5) is 0 Å². The molecule has 0 aliphatic rings. The van der Waals surface area contributed by atoms with E-state index in [0.717, 1.165) is 25.5 Å². The Morgan fingerprint density at radius 2 is 2.19 bits per heavy atom. The molecule has 0 radical (unpaired) electrons. The van der Waals surface area contributed by atoms with E-state index in [0.29, 0.717) is 30.4 Å². The van der Waals surface area contributed by atoms with E-state index in [4.69, 9.17) is 4.52 Å². The maximum Gasteiger partial charge on any atom is 0.276 e. The van der Waals surface area contributed by atoms with Crippen LogP contribution in [0.1, 0.15) is 17.6 Å². The Morgan fingerprint density at radius 1 is 1.26 bits per heavy atom. The van der Waals surface area contributed by atoms with Gasteiger partial charge in [0, 0.05) is 44.2 Å². The lowest BCUT2D eigenvalue weighted by Crippen LogP contribution is -2.40. The van der Waals surface area contributed by atoms with Crippen LogP contribution in [-0.4, -0.2) is 52.7 Å². The maximum absolute atomic E-state index is 5.29. The predicted octanol–water partition coefficient (Wildman–Crippen LogP) is 2.88. The summed E-state index contributed by atoms with van der Waals surface area (Å²) in [5.74, 6) is 1.97. The molecule has 0 aliphatic carbocycles. The lowest BCUT2D eigenvalue weighted by molar-refractivity contribution is 0.421. The van der Waals surface area contributed by atoms with Gasteiger partial charge >= 0.3 is 0 Å². The minimum absolute atomic E-state index is 0.439. The Hall–Kier alpha value is -2.74. The number of nitrogens with one attached hydrogen (secondary N) is 1. The van der Waals surface area contributed by atoms with Gasteiger partial charge in [-0.1, -0.05) is 17.3 Å². The molecule has 7 nitrogen and oxygen atoms in total. The second-order valence-corrected chi connectivity index (χ2v) is 7.00. The van der Waals surface area contributed by atoms with Gasteiger partial charge in [0.05, 0.1) is 0 Å². The molecule has 3 rings (SSSR count). The van der Waals surface area contributed by atoms with E-state index in [-0.39, 0.29) is 0 Å². The highest BCUT2D eigenvalue weighted by molar-refractivity contribution is 7.09. The van der Waals surface area contributed by atoms with Crippen molar-refractivity contribution in [3.63, 3.8) is 0 Å². The van der Waals surface area contributed by atoms with Crippen LogP contribution in [0.2, 0.25) is 0 Å². The second-order valence-electron chi connectivity index (χ2n) is 5.97. The van der Waals surface area contributed by atoms with Crippen molar-refractivity contribution < 1.29 is 4.52 Å². The summed E-state index contributed by atoms with van der Waals surface area (Å²) >= 11 is 1.79. The van der Waals surface area contributed by atoms with E-state index >= 15 is 0 Å². The van der Waals surface area contributed by atoms with E-state index in [1.807, 2.05) is 18.2 Å². The zero-order valence-corrected chi connectivity index (χ0v) is 16.4. The predicted molar refractivity (Wildman–Crippen MR) is 108 cm³/mol. The molecule has 3 heterocycles. The molecule has 0 fully saturated rings. The number of rotatable bonds is 8. The normalized spacial score (nSPS) is 11.6. The number of thiophene rings is 1. The van der Waals surface area contributed by atoms with Gasteiger partial charge in [-0.05, 0) is 36.9 Å². The van der Waals surface area contributed by atoms with E-state index in [1.54, 1.807) is 17.5 Å². The first kappa shape index (κ1) is 19.0. The average Bonchev–Trinajstić information content (AvgIpc) is 3.38. The van der Waals surface area contributed by atoms with Crippen LogP contribution in [-0.2, 0) is 12.8 Å². The molecule has 0 aromatic carbocycles. The summed E-state index contributed by atoms with van der Waals surface area (Å²) in [5.41, 5.74) is 0.682. The van der Waals surface area contributed by atoms with Gasteiger partial charge in [-0.3, -0.25) is 9.98 Å². The van der Waals surface area contributed by atoms with Gasteiger partial charge < -0.3 is 14.7 Å². The molecule has 0 saturated heterocycles. The van der Waals surface area contributed by atoms with Gasteiger partial charge in [-0.25, -0.2) is 0 Å². The van der Waals surface area contributed by atoms with E-state index in [1.165, 1.54) is 4.88 Å². The number of nitrogens with zero attached hydrogens (tertiary/aromatic N) is 5. The van der Waals surface area contributed by atoms with Crippen molar-refractivity contribution >= 4 is 17.3 Å². The van der Waals surface area contributed by atoms with Gasteiger partial charge in [0.1, 0.15) is 5.69 Å². The lowest BCUT2D eigenvalue weighted by atomic mass is 10.3. The highest BCUT2D eigenvalue weighted by Gasteiger charge is 2.10. The van der Waals surface area contributed by atoms with Gasteiger partial charge in [0.15, 0.2) is 11.8 Å². The highest BCUT2D eigenvalue weighted by atomic mass is 32.1. The zero-order valence-electron chi connectivity index (χ0n) is 15.6. The van der Waals surface area contributed by atoms with Gasteiger partial charge in [-0.15, -0.1) is 11.3 Å². The largest absolute Gasteiger partial charge is 0.357 e. The van der Waals surface area contributed by atoms with E-state index in [2.05, 4.69) is 61.8 Å². The summed E-state index contributed by atoms with van der Waals surface area (Å²) < 4.78 is 5.29. The van der Waals surface area contributed by atoms with Crippen molar-refractivity contribution in [2.24, 2.45) is 4.99 Å². The van der Waals surface area contributed by atoms with Crippen molar-refractivity contribution in [1.29, 1.82) is 0 Å². The smallest absolute Gasteiger partial charge is 0.276 e. The third-order valence-corrected chi connectivity index (χ3v) is 4.86. The third kappa shape index (κ3) is 5.62. The van der Waals surface area contributed by atoms with Gasteiger partial charge in [0.2, 0.25) is 0 Å². The van der Waals surface area contributed by atoms with Crippen LogP contribution in [0.15, 0.2) is 51.4 Å². The summed E-state index contributed by atoms with van der Waals surface area (Å²) in [6.07, 6.45) is 3.33. The number of hydrogen-bond donors (Lipinski definition) is 1. The van der Waals surface area contributed by atoms with Crippen LogP contribution in [0, 0.1) is 0 Å². The molecule has 3 aromatic heterocycles. The molecule has 0 aliphatic heterocycles. The quantitative estimate of drug-likeness (QED) is 0.475. The Morgan fingerprint density at radius 3 is 2.93 bits per heavy atom. The second kappa shape index (κ2) is 9.82. The van der Waals surface area contributed by atoms with E-state index in [9.17, 15) is 0 Å². The summed E-state index contributed by atoms with van der Waals surface area (Å²) in [6, 6.07) is 9.85. The first-order valence-corrected chi connectivity index (χ1v) is 9.90. The van der Waals surface area contributed by atoms with Gasteiger partial charge in [-0.2, -0.15) is 4.98 Å². The standard InChI is InChI=1S/C19H24N6OS/c1-3-20-19(25(2)13-10-15-7-6-14-27-15)22-12-9-17-23-18(26-24-17)16-8-4-5-11-21-16/h4-8,11,14H,3,9-10,12-13H2,1-2H3,(H,20,22). The summed E-state index contributed by atoms with van der Waals surface area (Å²) in [5, 5.41) is 9.47. The molecule has 27 heavy (non-hydrogen) atoms. The van der Waals surface area contributed by atoms with Crippen LogP contribution in [0.25, 0.3) is 11.6 Å². The molecule has 0 saturated carbocycles. The fourth-order valence-electron chi connectivity index (χ4n) is 2.52. The lowest BCUT2D eigenvalue weighted by Gasteiger charge is -2.21. The first-order chi connectivity index (χ1) is 13.3. The van der Waals surface area contributed by atoms with E-state index < -0.39 is 0 Å². The Balaban J connectivity index is 1.54.